The molecule has 0 spiro atoms. The largest absolute Gasteiger partial charge is 0.468 e. The van der Waals surface area contributed by atoms with Gasteiger partial charge in [0.05, 0.1) is 19.0 Å². The summed E-state index contributed by atoms with van der Waals surface area (Å²) in [5.74, 6) is -0.706. The third-order valence-corrected chi connectivity index (χ3v) is 1.62. The second-order valence-corrected chi connectivity index (χ2v) is 3.63. The average molecular weight is 202 g/mol. The van der Waals surface area contributed by atoms with Crippen LogP contribution in [0.2, 0.25) is 0 Å². The van der Waals surface area contributed by atoms with E-state index in [1.54, 1.807) is 0 Å². The third kappa shape index (κ3) is 6.00. The van der Waals surface area contributed by atoms with E-state index in [1.807, 2.05) is 20.8 Å². The van der Waals surface area contributed by atoms with Gasteiger partial charge < -0.3 is 14.2 Å². The lowest BCUT2D eigenvalue weighted by molar-refractivity contribution is -0.228. The van der Waals surface area contributed by atoms with Gasteiger partial charge in [0.2, 0.25) is 5.79 Å². The molecule has 0 heterocycles. The minimum Gasteiger partial charge on any atom is -0.468 e. The molecular weight excluding hydrogens is 180 g/mol. The van der Waals surface area contributed by atoms with Gasteiger partial charge in [-0.2, -0.15) is 0 Å². The number of ether oxygens (including phenoxy) is 3. The van der Waals surface area contributed by atoms with Crippen molar-refractivity contribution in [2.24, 2.45) is 0 Å². The van der Waals surface area contributed by atoms with E-state index in [2.05, 4.69) is 13.5 Å². The molecule has 0 aromatic carbocycles. The summed E-state index contributed by atoms with van der Waals surface area (Å²) in [4.78, 5) is 0. The molecule has 0 rings (SSSR count). The molecule has 0 bridgehead atoms. The van der Waals surface area contributed by atoms with Crippen molar-refractivity contribution >= 4 is 0 Å². The molecule has 0 saturated heterocycles. The topological polar surface area (TPSA) is 27.7 Å². The molecule has 14 heavy (non-hydrogen) atoms. The maximum Gasteiger partial charge on any atom is 0.230 e. The summed E-state index contributed by atoms with van der Waals surface area (Å²) in [5.41, 5.74) is 0. The molecule has 0 radical (unpaired) electrons. The van der Waals surface area contributed by atoms with E-state index in [9.17, 15) is 0 Å². The van der Waals surface area contributed by atoms with Gasteiger partial charge in [0.15, 0.2) is 0 Å². The molecule has 0 N–H and O–H groups in total. The zero-order chi connectivity index (χ0) is 11.0. The molecule has 0 fully saturated rings. The van der Waals surface area contributed by atoms with Gasteiger partial charge in [-0.3, -0.25) is 0 Å². The van der Waals surface area contributed by atoms with Crippen LogP contribution >= 0.6 is 0 Å². The molecular formula is C11H22O3. The highest BCUT2D eigenvalue weighted by molar-refractivity contribution is 4.67. The van der Waals surface area contributed by atoms with E-state index in [1.165, 1.54) is 6.26 Å². The minimum atomic E-state index is -0.706. The Morgan fingerprint density at radius 1 is 1.43 bits per heavy atom. The van der Waals surface area contributed by atoms with Gasteiger partial charge in [0.25, 0.3) is 0 Å². The van der Waals surface area contributed by atoms with E-state index in [0.717, 1.165) is 6.42 Å². The highest BCUT2D eigenvalue weighted by Crippen LogP contribution is 2.14. The van der Waals surface area contributed by atoms with E-state index in [0.29, 0.717) is 13.2 Å². The van der Waals surface area contributed by atoms with Crippen molar-refractivity contribution in [3.05, 3.63) is 12.8 Å². The summed E-state index contributed by atoms with van der Waals surface area (Å²) in [5, 5.41) is 0. The van der Waals surface area contributed by atoms with E-state index in [-0.39, 0.29) is 6.10 Å². The Bertz CT molecular complexity index is 157. The maximum atomic E-state index is 5.55. The first-order valence-corrected chi connectivity index (χ1v) is 5.08. The molecule has 84 valence electrons. The molecule has 0 amide bonds. The first kappa shape index (κ1) is 13.5. The van der Waals surface area contributed by atoms with Gasteiger partial charge in [0, 0.05) is 6.92 Å². The quantitative estimate of drug-likeness (QED) is 0.447. The van der Waals surface area contributed by atoms with E-state index >= 15 is 0 Å². The first-order chi connectivity index (χ1) is 6.54. The Morgan fingerprint density at radius 2 is 2.07 bits per heavy atom. The van der Waals surface area contributed by atoms with Gasteiger partial charge in [-0.25, -0.2) is 0 Å². The SMILES string of the molecule is C=COC(C)(COC(C)C)OCCC. The highest BCUT2D eigenvalue weighted by Gasteiger charge is 2.26. The lowest BCUT2D eigenvalue weighted by atomic mass is 10.3. The third-order valence-electron chi connectivity index (χ3n) is 1.62. The fourth-order valence-corrected chi connectivity index (χ4v) is 0.922. The van der Waals surface area contributed by atoms with Crippen LogP contribution in [0, 0.1) is 0 Å². The van der Waals surface area contributed by atoms with Crippen molar-refractivity contribution in [1.82, 2.24) is 0 Å². The van der Waals surface area contributed by atoms with Crippen molar-refractivity contribution in [2.45, 2.75) is 46.0 Å². The van der Waals surface area contributed by atoms with E-state index in [4.69, 9.17) is 14.2 Å². The van der Waals surface area contributed by atoms with Crippen molar-refractivity contribution < 1.29 is 14.2 Å². The molecule has 0 aliphatic carbocycles. The smallest absolute Gasteiger partial charge is 0.230 e. The van der Waals surface area contributed by atoms with Crippen molar-refractivity contribution in [2.75, 3.05) is 13.2 Å². The van der Waals surface area contributed by atoms with Crippen LogP contribution in [0.3, 0.4) is 0 Å². The fourth-order valence-electron chi connectivity index (χ4n) is 0.922. The summed E-state index contributed by atoms with van der Waals surface area (Å²) in [6.07, 6.45) is 2.52. The van der Waals surface area contributed by atoms with E-state index < -0.39 is 5.79 Å². The summed E-state index contributed by atoms with van der Waals surface area (Å²) in [7, 11) is 0. The van der Waals surface area contributed by atoms with Gasteiger partial charge >= 0.3 is 0 Å². The molecule has 1 unspecified atom stereocenters. The summed E-state index contributed by atoms with van der Waals surface area (Å²) in [6.45, 7) is 12.5. The Balaban J connectivity index is 4.01. The predicted molar refractivity (Wildman–Crippen MR) is 57.0 cm³/mol. The van der Waals surface area contributed by atoms with Crippen LogP contribution in [0.25, 0.3) is 0 Å². The summed E-state index contributed by atoms with van der Waals surface area (Å²) < 4.78 is 16.3. The molecule has 3 nitrogen and oxygen atoms in total. The Kier molecular flexibility index (Phi) is 6.58. The van der Waals surface area contributed by atoms with Gasteiger partial charge in [-0.1, -0.05) is 13.5 Å². The molecule has 3 heteroatoms. The van der Waals surface area contributed by atoms with Crippen LogP contribution in [0.5, 0.6) is 0 Å². The highest BCUT2D eigenvalue weighted by atomic mass is 16.7. The van der Waals surface area contributed by atoms with Crippen molar-refractivity contribution in [1.29, 1.82) is 0 Å². The average Bonchev–Trinajstić information content (AvgIpc) is 2.13. The maximum absolute atomic E-state index is 5.55. The molecule has 0 aromatic heterocycles. The van der Waals surface area contributed by atoms with Gasteiger partial charge in [-0.15, -0.1) is 0 Å². The lowest BCUT2D eigenvalue weighted by Crippen LogP contribution is -2.37. The standard InChI is InChI=1S/C11H22O3/c1-6-8-14-11(5,13-7-2)9-12-10(3)4/h7,10H,2,6,8-9H2,1,3-5H3. The first-order valence-electron chi connectivity index (χ1n) is 5.08. The van der Waals surface area contributed by atoms with Crippen LogP contribution in [0.15, 0.2) is 12.8 Å². The Morgan fingerprint density at radius 3 is 2.50 bits per heavy atom. The fraction of sp³-hybridized carbons (Fsp3) is 0.818. The normalized spacial score (nSPS) is 15.2. The molecule has 0 saturated carbocycles. The van der Waals surface area contributed by atoms with Crippen LogP contribution in [0.1, 0.15) is 34.1 Å². The zero-order valence-electron chi connectivity index (χ0n) is 9.71. The molecule has 0 aliphatic heterocycles. The second-order valence-electron chi connectivity index (χ2n) is 3.63. The zero-order valence-corrected chi connectivity index (χ0v) is 9.71. The monoisotopic (exact) mass is 202 g/mol. The van der Waals surface area contributed by atoms with Crippen LogP contribution in [-0.2, 0) is 14.2 Å². The van der Waals surface area contributed by atoms with Crippen LogP contribution < -0.4 is 0 Å². The van der Waals surface area contributed by atoms with Gasteiger partial charge in [0.1, 0.15) is 6.61 Å². The van der Waals surface area contributed by atoms with Crippen LogP contribution in [-0.4, -0.2) is 25.1 Å². The Labute approximate surface area is 87.0 Å². The summed E-state index contributed by atoms with van der Waals surface area (Å²) >= 11 is 0. The summed E-state index contributed by atoms with van der Waals surface area (Å²) in [6, 6.07) is 0. The van der Waals surface area contributed by atoms with Crippen LogP contribution in [0.4, 0.5) is 0 Å². The van der Waals surface area contributed by atoms with Gasteiger partial charge in [-0.05, 0) is 20.3 Å². The lowest BCUT2D eigenvalue weighted by Gasteiger charge is -2.29. The molecule has 0 aromatic rings. The minimum absolute atomic E-state index is 0.174. The molecule has 0 aliphatic rings. The number of hydrogen-bond acceptors (Lipinski definition) is 3. The number of rotatable bonds is 8. The second kappa shape index (κ2) is 6.85. The van der Waals surface area contributed by atoms with Crippen molar-refractivity contribution in [3.63, 3.8) is 0 Å². The Hall–Kier alpha value is -0.540. The number of hydrogen-bond donors (Lipinski definition) is 0. The molecule has 1 atom stereocenters. The predicted octanol–water partition coefficient (Wildman–Crippen LogP) is 2.71. The van der Waals surface area contributed by atoms with Crippen molar-refractivity contribution in [3.8, 4) is 0 Å².